The van der Waals surface area contributed by atoms with Crippen molar-refractivity contribution in [3.63, 3.8) is 0 Å². The average molecular weight is 793 g/mol. The molecule has 0 radical (unpaired) electrons. The second kappa shape index (κ2) is 49.7. The molecular weight excluding hydrogens is 701 g/mol. The van der Waals surface area contributed by atoms with E-state index in [0.29, 0.717) is 13.0 Å². The molecular formula is C53H92O4. The zero-order valence-corrected chi connectivity index (χ0v) is 37.6. The van der Waals surface area contributed by atoms with E-state index in [4.69, 9.17) is 9.47 Å². The molecule has 0 spiro atoms. The first kappa shape index (κ1) is 54.6. The Labute approximate surface area is 354 Å². The van der Waals surface area contributed by atoms with Gasteiger partial charge in [-0.05, 0) is 89.9 Å². The van der Waals surface area contributed by atoms with Crippen molar-refractivity contribution in [2.24, 2.45) is 0 Å². The summed E-state index contributed by atoms with van der Waals surface area (Å²) in [5.74, 6) is -0.215. The highest BCUT2D eigenvalue weighted by Gasteiger charge is 2.13. The lowest BCUT2D eigenvalue weighted by molar-refractivity contribution is -0.154. The topological polar surface area (TPSA) is 55.8 Å². The van der Waals surface area contributed by atoms with Gasteiger partial charge in [-0.15, -0.1) is 0 Å². The zero-order chi connectivity index (χ0) is 41.2. The van der Waals surface area contributed by atoms with Gasteiger partial charge in [0.1, 0.15) is 6.10 Å². The van der Waals surface area contributed by atoms with Gasteiger partial charge in [0, 0.05) is 13.0 Å². The molecule has 0 rings (SSSR count). The van der Waals surface area contributed by atoms with Gasteiger partial charge >= 0.3 is 5.97 Å². The average Bonchev–Trinajstić information content (AvgIpc) is 3.22. The molecule has 4 heteroatoms. The van der Waals surface area contributed by atoms with Crippen LogP contribution in [0.5, 0.6) is 0 Å². The number of allylic oxidation sites excluding steroid dienone is 14. The Morgan fingerprint density at radius 2 is 0.789 bits per heavy atom. The van der Waals surface area contributed by atoms with Crippen molar-refractivity contribution >= 4 is 5.97 Å². The summed E-state index contributed by atoms with van der Waals surface area (Å²) in [4.78, 5) is 12.2. The van der Waals surface area contributed by atoms with E-state index in [1.165, 1.54) is 128 Å². The Kier molecular flexibility index (Phi) is 47.6. The van der Waals surface area contributed by atoms with Crippen LogP contribution < -0.4 is 0 Å². The highest BCUT2D eigenvalue weighted by Crippen LogP contribution is 2.14. The van der Waals surface area contributed by atoms with E-state index in [0.717, 1.165) is 70.6 Å². The maximum atomic E-state index is 12.2. The number of aliphatic hydroxyl groups excluding tert-OH is 1. The van der Waals surface area contributed by atoms with Crippen LogP contribution in [0.25, 0.3) is 0 Å². The molecule has 1 atom stereocenters. The Bertz CT molecular complexity index is 1020. The lowest BCUT2D eigenvalue weighted by atomic mass is 10.1. The second-order valence-corrected chi connectivity index (χ2v) is 15.8. The van der Waals surface area contributed by atoms with E-state index < -0.39 is 6.10 Å². The molecule has 0 aliphatic carbocycles. The van der Waals surface area contributed by atoms with Crippen LogP contribution in [0.4, 0.5) is 0 Å². The van der Waals surface area contributed by atoms with E-state index in [2.05, 4.69) is 98.9 Å². The van der Waals surface area contributed by atoms with Gasteiger partial charge in [-0.25, -0.2) is 0 Å². The summed E-state index contributed by atoms with van der Waals surface area (Å²) in [6.07, 6.45) is 69.4. The molecule has 0 aliphatic heterocycles. The van der Waals surface area contributed by atoms with E-state index >= 15 is 0 Å². The van der Waals surface area contributed by atoms with E-state index in [1.807, 2.05) is 0 Å². The highest BCUT2D eigenvalue weighted by molar-refractivity contribution is 5.69. The quantitative estimate of drug-likeness (QED) is 0.0379. The van der Waals surface area contributed by atoms with Gasteiger partial charge < -0.3 is 14.6 Å². The van der Waals surface area contributed by atoms with Crippen LogP contribution >= 0.6 is 0 Å². The Hall–Kier alpha value is -2.43. The molecule has 0 saturated carbocycles. The Morgan fingerprint density at radius 3 is 1.19 bits per heavy atom. The third-order valence-electron chi connectivity index (χ3n) is 10.2. The summed E-state index contributed by atoms with van der Waals surface area (Å²) in [6.45, 7) is 5.20. The summed E-state index contributed by atoms with van der Waals surface area (Å²) < 4.78 is 11.2. The van der Waals surface area contributed by atoms with Crippen molar-refractivity contribution in [3.8, 4) is 0 Å². The third-order valence-corrected chi connectivity index (χ3v) is 10.2. The van der Waals surface area contributed by atoms with Crippen LogP contribution in [0.1, 0.15) is 219 Å². The number of esters is 1. The fourth-order valence-corrected chi connectivity index (χ4v) is 6.62. The number of rotatable bonds is 44. The van der Waals surface area contributed by atoms with E-state index in [1.54, 1.807) is 0 Å². The molecule has 328 valence electrons. The molecule has 0 aliphatic rings. The number of hydrogen-bond acceptors (Lipinski definition) is 4. The summed E-state index contributed by atoms with van der Waals surface area (Å²) >= 11 is 0. The summed E-state index contributed by atoms with van der Waals surface area (Å²) in [7, 11) is 0. The fraction of sp³-hybridized carbons (Fsp3) is 0.717. The van der Waals surface area contributed by atoms with Gasteiger partial charge in [0.15, 0.2) is 0 Å². The summed E-state index contributed by atoms with van der Waals surface area (Å²) in [5, 5.41) is 9.64. The predicted octanol–water partition coefficient (Wildman–Crippen LogP) is 16.3. The maximum Gasteiger partial charge on any atom is 0.306 e. The SMILES string of the molecule is CC/C=C\C/C=C\C/C=C\C/C=C\CCCCCCCCCCCCCOCC(CO)OC(=O)CCCCCCCC/C=C\C/C=C\C/C=C\CCCCCCC. The normalized spacial score (nSPS) is 13.1. The zero-order valence-electron chi connectivity index (χ0n) is 37.6. The molecule has 0 saturated heterocycles. The largest absolute Gasteiger partial charge is 0.457 e. The van der Waals surface area contributed by atoms with Crippen molar-refractivity contribution in [2.75, 3.05) is 19.8 Å². The van der Waals surface area contributed by atoms with Crippen LogP contribution in [-0.2, 0) is 14.3 Å². The lowest BCUT2D eigenvalue weighted by Crippen LogP contribution is -2.27. The van der Waals surface area contributed by atoms with Gasteiger partial charge in [0.25, 0.3) is 0 Å². The van der Waals surface area contributed by atoms with Crippen LogP contribution in [0.15, 0.2) is 85.1 Å². The molecule has 57 heavy (non-hydrogen) atoms. The number of ether oxygens (including phenoxy) is 2. The van der Waals surface area contributed by atoms with Crippen molar-refractivity contribution in [1.82, 2.24) is 0 Å². The second-order valence-electron chi connectivity index (χ2n) is 15.8. The summed E-state index contributed by atoms with van der Waals surface area (Å²) in [6, 6.07) is 0. The minimum atomic E-state index is -0.549. The van der Waals surface area contributed by atoms with Gasteiger partial charge in [0.2, 0.25) is 0 Å². The molecule has 0 aromatic heterocycles. The van der Waals surface area contributed by atoms with Crippen LogP contribution in [0.2, 0.25) is 0 Å². The molecule has 0 heterocycles. The minimum Gasteiger partial charge on any atom is -0.457 e. The number of aliphatic hydroxyl groups is 1. The smallest absolute Gasteiger partial charge is 0.306 e. The minimum absolute atomic E-state index is 0.182. The maximum absolute atomic E-state index is 12.2. The molecule has 0 aromatic rings. The van der Waals surface area contributed by atoms with Gasteiger partial charge in [-0.1, -0.05) is 208 Å². The van der Waals surface area contributed by atoms with Crippen molar-refractivity contribution < 1.29 is 19.4 Å². The molecule has 0 bridgehead atoms. The Morgan fingerprint density at radius 1 is 0.439 bits per heavy atom. The molecule has 1 unspecified atom stereocenters. The van der Waals surface area contributed by atoms with Crippen molar-refractivity contribution in [3.05, 3.63) is 85.1 Å². The van der Waals surface area contributed by atoms with Crippen LogP contribution in [0.3, 0.4) is 0 Å². The van der Waals surface area contributed by atoms with Crippen molar-refractivity contribution in [2.45, 2.75) is 225 Å². The first-order chi connectivity index (χ1) is 28.2. The number of carbonyl (C=O) groups excluding carboxylic acids is 1. The Balaban J connectivity index is 3.47. The van der Waals surface area contributed by atoms with Gasteiger partial charge in [-0.2, -0.15) is 0 Å². The third kappa shape index (κ3) is 47.8. The number of carbonyl (C=O) groups is 1. The molecule has 0 amide bonds. The van der Waals surface area contributed by atoms with E-state index in [-0.39, 0.29) is 19.2 Å². The lowest BCUT2D eigenvalue weighted by Gasteiger charge is -2.16. The van der Waals surface area contributed by atoms with Crippen molar-refractivity contribution in [1.29, 1.82) is 0 Å². The van der Waals surface area contributed by atoms with E-state index in [9.17, 15) is 9.90 Å². The van der Waals surface area contributed by atoms with Gasteiger partial charge in [0.05, 0.1) is 13.2 Å². The highest BCUT2D eigenvalue weighted by atomic mass is 16.6. The first-order valence-electron chi connectivity index (χ1n) is 24.2. The molecule has 1 N–H and O–H groups in total. The molecule has 4 nitrogen and oxygen atoms in total. The monoisotopic (exact) mass is 793 g/mol. The first-order valence-corrected chi connectivity index (χ1v) is 24.2. The standard InChI is InChI=1S/C53H92O4/c1-3-5-7-9-11-13-15-17-19-21-23-25-26-27-29-31-33-35-37-39-41-43-45-47-49-56-51-52(50-54)57-53(55)48-46-44-42-40-38-36-34-32-30-28-24-22-20-18-16-14-12-10-8-6-4-2/h5,7,11,13,16-19,22-25,30,32,52,54H,3-4,6,8-10,12,14-15,20-21,26-29,31,33-51H2,1-2H3/b7-5-,13-11-,18-16-,19-17-,24-22-,25-23-,32-30-. The fourth-order valence-electron chi connectivity index (χ4n) is 6.62. The summed E-state index contributed by atoms with van der Waals surface area (Å²) in [5.41, 5.74) is 0. The number of hydrogen-bond donors (Lipinski definition) is 1. The molecule has 0 aromatic carbocycles. The van der Waals surface area contributed by atoms with Gasteiger partial charge in [-0.3, -0.25) is 4.79 Å². The number of unbranched alkanes of at least 4 members (excludes halogenated alkanes) is 22. The predicted molar refractivity (Wildman–Crippen MR) is 251 cm³/mol. The van der Waals surface area contributed by atoms with Crippen LogP contribution in [-0.4, -0.2) is 37.0 Å². The molecule has 0 fully saturated rings. The van der Waals surface area contributed by atoms with Crippen LogP contribution in [0, 0.1) is 0 Å².